The van der Waals surface area contributed by atoms with Gasteiger partial charge in [-0.1, -0.05) is 18.2 Å². The number of benzene rings is 1. The second kappa shape index (κ2) is 12.3. The number of nitrogens with zero attached hydrogens (tertiary/aromatic N) is 3. The number of rotatable bonds is 9. The minimum Gasteiger partial charge on any atom is -0.489 e. The van der Waals surface area contributed by atoms with E-state index in [1.165, 1.54) is 0 Å². The lowest BCUT2D eigenvalue weighted by Gasteiger charge is -2.36. The number of para-hydroxylation sites is 1. The molecule has 1 unspecified atom stereocenters. The Morgan fingerprint density at radius 3 is 2.59 bits per heavy atom. The fourth-order valence-corrected chi connectivity index (χ4v) is 3.18. The molecule has 2 N–H and O–H groups in total. The number of hydrogen-bond acceptors (Lipinski definition) is 5. The maximum Gasteiger partial charge on any atom is 0.234 e. The summed E-state index contributed by atoms with van der Waals surface area (Å²) in [5, 5.41) is 6.27. The molecule has 1 aromatic carbocycles. The second-order valence-corrected chi connectivity index (χ2v) is 7.23. The van der Waals surface area contributed by atoms with E-state index in [0.29, 0.717) is 26.2 Å². The molecule has 1 heterocycles. The van der Waals surface area contributed by atoms with E-state index < -0.39 is 0 Å². The van der Waals surface area contributed by atoms with E-state index in [1.807, 2.05) is 38.1 Å². The number of aliphatic imine (C=N–C) groups is 1. The van der Waals surface area contributed by atoms with Gasteiger partial charge in [0.25, 0.3) is 0 Å². The van der Waals surface area contributed by atoms with Crippen LogP contribution in [0.1, 0.15) is 12.5 Å². The Morgan fingerprint density at radius 1 is 1.21 bits per heavy atom. The molecule has 8 nitrogen and oxygen atoms in total. The van der Waals surface area contributed by atoms with E-state index in [4.69, 9.17) is 9.47 Å². The van der Waals surface area contributed by atoms with Crippen LogP contribution in [0, 0.1) is 6.92 Å². The third-order valence-corrected chi connectivity index (χ3v) is 4.85. The van der Waals surface area contributed by atoms with Gasteiger partial charge in [0.1, 0.15) is 11.9 Å². The molecule has 8 heteroatoms. The van der Waals surface area contributed by atoms with Crippen molar-refractivity contribution in [2.75, 3.05) is 66.6 Å². The van der Waals surface area contributed by atoms with Crippen molar-refractivity contribution in [3.8, 4) is 5.75 Å². The summed E-state index contributed by atoms with van der Waals surface area (Å²) in [5.41, 5.74) is 1.13. The third kappa shape index (κ3) is 7.91. The Hall–Kier alpha value is -2.32. The summed E-state index contributed by atoms with van der Waals surface area (Å²) in [6.07, 6.45) is 0.0185. The van der Waals surface area contributed by atoms with Gasteiger partial charge < -0.3 is 25.0 Å². The molecular formula is C21H35N5O3. The van der Waals surface area contributed by atoms with Gasteiger partial charge in [-0.15, -0.1) is 0 Å². The molecule has 0 aliphatic carbocycles. The fraction of sp³-hybridized carbons (Fsp3) is 0.619. The zero-order valence-corrected chi connectivity index (χ0v) is 18.1. The van der Waals surface area contributed by atoms with E-state index >= 15 is 0 Å². The molecule has 0 saturated carbocycles. The zero-order valence-electron chi connectivity index (χ0n) is 18.1. The summed E-state index contributed by atoms with van der Waals surface area (Å²) in [4.78, 5) is 20.7. The smallest absolute Gasteiger partial charge is 0.234 e. The van der Waals surface area contributed by atoms with E-state index in [1.54, 1.807) is 14.2 Å². The van der Waals surface area contributed by atoms with Gasteiger partial charge >= 0.3 is 0 Å². The first-order valence-electron chi connectivity index (χ1n) is 10.2. The van der Waals surface area contributed by atoms with Gasteiger partial charge in [0.2, 0.25) is 5.91 Å². The van der Waals surface area contributed by atoms with Gasteiger partial charge in [-0.05, 0) is 25.5 Å². The first-order chi connectivity index (χ1) is 14.0. The Bertz CT molecular complexity index is 659. The van der Waals surface area contributed by atoms with E-state index in [2.05, 4.69) is 25.4 Å². The molecule has 1 fully saturated rings. The topological polar surface area (TPSA) is 78.4 Å². The minimum absolute atomic E-state index is 0.0185. The van der Waals surface area contributed by atoms with Crippen molar-refractivity contribution in [3.63, 3.8) is 0 Å². The number of methoxy groups -OCH3 is 1. The highest BCUT2D eigenvalue weighted by molar-refractivity contribution is 5.80. The lowest BCUT2D eigenvalue weighted by molar-refractivity contribution is -0.122. The summed E-state index contributed by atoms with van der Waals surface area (Å²) in [6, 6.07) is 8.03. The van der Waals surface area contributed by atoms with E-state index in [9.17, 15) is 4.79 Å². The van der Waals surface area contributed by atoms with Crippen LogP contribution in [0.2, 0.25) is 0 Å². The predicted molar refractivity (Wildman–Crippen MR) is 116 cm³/mol. The van der Waals surface area contributed by atoms with Crippen molar-refractivity contribution < 1.29 is 14.3 Å². The molecule has 1 aliphatic heterocycles. The quantitative estimate of drug-likeness (QED) is 0.358. The molecule has 1 aromatic rings. The maximum absolute atomic E-state index is 11.9. The predicted octanol–water partition coefficient (Wildman–Crippen LogP) is 0.718. The van der Waals surface area contributed by atoms with Gasteiger partial charge in [-0.25, -0.2) is 0 Å². The van der Waals surface area contributed by atoms with Crippen molar-refractivity contribution in [1.82, 2.24) is 20.4 Å². The third-order valence-electron chi connectivity index (χ3n) is 4.85. The first kappa shape index (κ1) is 23.0. The van der Waals surface area contributed by atoms with E-state index in [-0.39, 0.29) is 12.0 Å². The number of hydrogen-bond donors (Lipinski definition) is 2. The van der Waals surface area contributed by atoms with Gasteiger partial charge in [0.05, 0.1) is 19.7 Å². The van der Waals surface area contributed by atoms with Crippen LogP contribution in [0.3, 0.4) is 0 Å². The standard InChI is InChI=1S/C21H35N5O3/c1-17-7-5-6-8-19(17)29-18(2)15-24-21(22-3)26-12-10-25(11-13-26)16-20(27)23-9-14-28-4/h5-8,18H,9-16H2,1-4H3,(H,22,24)(H,23,27). The highest BCUT2D eigenvalue weighted by Crippen LogP contribution is 2.17. The van der Waals surface area contributed by atoms with Crippen molar-refractivity contribution in [1.29, 1.82) is 0 Å². The second-order valence-electron chi connectivity index (χ2n) is 7.23. The minimum atomic E-state index is 0.0185. The molecular weight excluding hydrogens is 370 g/mol. The summed E-state index contributed by atoms with van der Waals surface area (Å²) in [5.74, 6) is 1.82. The van der Waals surface area contributed by atoms with Gasteiger partial charge in [-0.3, -0.25) is 14.7 Å². The highest BCUT2D eigenvalue weighted by atomic mass is 16.5. The van der Waals surface area contributed by atoms with Crippen molar-refractivity contribution >= 4 is 11.9 Å². The molecule has 162 valence electrons. The Balaban J connectivity index is 1.71. The SMILES string of the molecule is CN=C(NCC(C)Oc1ccccc1C)N1CCN(CC(=O)NCCOC)CC1. The van der Waals surface area contributed by atoms with Crippen molar-refractivity contribution in [3.05, 3.63) is 29.8 Å². The maximum atomic E-state index is 11.9. The normalized spacial score (nSPS) is 16.4. The number of carbonyl (C=O) groups excluding carboxylic acids is 1. The fourth-order valence-electron chi connectivity index (χ4n) is 3.18. The molecule has 0 spiro atoms. The first-order valence-corrected chi connectivity index (χ1v) is 10.2. The average molecular weight is 406 g/mol. The number of aryl methyl sites for hydroxylation is 1. The Labute approximate surface area is 174 Å². The number of guanidine groups is 1. The van der Waals surface area contributed by atoms with Crippen LogP contribution in [0.5, 0.6) is 5.75 Å². The molecule has 1 atom stereocenters. The van der Waals surface area contributed by atoms with Crippen LogP contribution in [-0.2, 0) is 9.53 Å². The molecule has 1 aliphatic rings. The molecule has 0 bridgehead atoms. The lowest BCUT2D eigenvalue weighted by atomic mass is 10.2. The lowest BCUT2D eigenvalue weighted by Crippen LogP contribution is -2.54. The van der Waals surface area contributed by atoms with Crippen LogP contribution in [0.15, 0.2) is 29.3 Å². The molecule has 0 radical (unpaired) electrons. The van der Waals surface area contributed by atoms with Gasteiger partial charge in [-0.2, -0.15) is 0 Å². The molecule has 1 amide bonds. The highest BCUT2D eigenvalue weighted by Gasteiger charge is 2.21. The van der Waals surface area contributed by atoms with Gasteiger partial charge in [0, 0.05) is 46.9 Å². The Kier molecular flexibility index (Phi) is 9.73. The number of ether oxygens (including phenoxy) is 2. The van der Waals surface area contributed by atoms with Crippen molar-refractivity contribution in [2.24, 2.45) is 4.99 Å². The molecule has 1 saturated heterocycles. The summed E-state index contributed by atoms with van der Waals surface area (Å²) in [6.45, 7) is 9.59. The largest absolute Gasteiger partial charge is 0.489 e. The summed E-state index contributed by atoms with van der Waals surface area (Å²) in [7, 11) is 3.42. The molecule has 29 heavy (non-hydrogen) atoms. The number of amides is 1. The van der Waals surface area contributed by atoms with Crippen LogP contribution >= 0.6 is 0 Å². The van der Waals surface area contributed by atoms with Crippen molar-refractivity contribution in [2.45, 2.75) is 20.0 Å². The summed E-state index contributed by atoms with van der Waals surface area (Å²) >= 11 is 0. The van der Waals surface area contributed by atoms with Crippen LogP contribution in [0.25, 0.3) is 0 Å². The van der Waals surface area contributed by atoms with E-state index in [0.717, 1.165) is 43.5 Å². The monoisotopic (exact) mass is 405 g/mol. The number of piperazine rings is 1. The van der Waals surface area contributed by atoms with Crippen LogP contribution in [0.4, 0.5) is 0 Å². The van der Waals surface area contributed by atoms with Gasteiger partial charge in [0.15, 0.2) is 5.96 Å². The average Bonchev–Trinajstić information content (AvgIpc) is 2.71. The number of nitrogens with one attached hydrogen (secondary N) is 2. The Morgan fingerprint density at radius 2 is 1.93 bits per heavy atom. The van der Waals surface area contributed by atoms with Crippen LogP contribution in [-0.4, -0.2) is 94.3 Å². The summed E-state index contributed by atoms with van der Waals surface area (Å²) < 4.78 is 11.0. The number of carbonyl (C=O) groups is 1. The molecule has 0 aromatic heterocycles. The van der Waals surface area contributed by atoms with Crippen LogP contribution < -0.4 is 15.4 Å². The zero-order chi connectivity index (χ0) is 21.1. The molecule has 2 rings (SSSR count).